The van der Waals surface area contributed by atoms with Gasteiger partial charge in [-0.05, 0) is 30.3 Å². The van der Waals surface area contributed by atoms with Gasteiger partial charge in [0.25, 0.3) is 0 Å². The predicted molar refractivity (Wildman–Crippen MR) is 83.9 cm³/mol. The lowest BCUT2D eigenvalue weighted by molar-refractivity contribution is -0.114. The van der Waals surface area contributed by atoms with Crippen molar-refractivity contribution >= 4 is 29.2 Å². The van der Waals surface area contributed by atoms with E-state index in [4.69, 9.17) is 10.2 Å². The van der Waals surface area contributed by atoms with Crippen molar-refractivity contribution in [2.24, 2.45) is 0 Å². The van der Waals surface area contributed by atoms with Crippen LogP contribution in [0.4, 0.5) is 15.8 Å². The van der Waals surface area contributed by atoms with Crippen LogP contribution in [0.2, 0.25) is 0 Å². The van der Waals surface area contributed by atoms with E-state index in [1.807, 2.05) is 0 Å². The molecule has 1 amide bonds. The fourth-order valence-corrected chi connectivity index (χ4v) is 2.00. The minimum Gasteiger partial charge on any atom is -0.478 e. The molecule has 8 heteroatoms. The van der Waals surface area contributed by atoms with Crippen molar-refractivity contribution in [1.29, 1.82) is 0 Å². The normalized spacial score (nSPS) is 10.0. The summed E-state index contributed by atoms with van der Waals surface area (Å²) in [6, 6.07) is 8.97. The standard InChI is InChI=1S/C16H13FN2O5/c17-9-5-6-12(11(7-9)16(23)24)18-8-14(20)19-13-4-2-1-3-10(13)15(21)22/h1-7,18H,8H2,(H,19,20)(H,21,22)(H,23,24). The van der Waals surface area contributed by atoms with Crippen LogP contribution in [-0.4, -0.2) is 34.6 Å². The summed E-state index contributed by atoms with van der Waals surface area (Å²) in [5, 5.41) is 23.1. The van der Waals surface area contributed by atoms with Gasteiger partial charge in [-0.15, -0.1) is 0 Å². The second-order valence-electron chi connectivity index (χ2n) is 4.75. The minimum absolute atomic E-state index is 0.0705. The van der Waals surface area contributed by atoms with Gasteiger partial charge in [0, 0.05) is 5.69 Å². The summed E-state index contributed by atoms with van der Waals surface area (Å²) in [6.45, 7) is -0.320. The first kappa shape index (κ1) is 16.9. The van der Waals surface area contributed by atoms with E-state index in [0.717, 1.165) is 12.1 Å². The minimum atomic E-state index is -1.34. The van der Waals surface area contributed by atoms with Crippen molar-refractivity contribution in [3.8, 4) is 0 Å². The monoisotopic (exact) mass is 332 g/mol. The number of hydrogen-bond donors (Lipinski definition) is 4. The summed E-state index contributed by atoms with van der Waals surface area (Å²) >= 11 is 0. The van der Waals surface area contributed by atoms with Crippen molar-refractivity contribution in [3.05, 3.63) is 59.4 Å². The van der Waals surface area contributed by atoms with E-state index in [1.165, 1.54) is 24.3 Å². The number of halogens is 1. The molecule has 0 aliphatic carbocycles. The molecule has 4 N–H and O–H groups in total. The Balaban J connectivity index is 2.07. The zero-order valence-electron chi connectivity index (χ0n) is 12.2. The number of carboxylic acid groups (broad SMARTS) is 2. The van der Waals surface area contributed by atoms with Crippen LogP contribution in [0.5, 0.6) is 0 Å². The highest BCUT2D eigenvalue weighted by Gasteiger charge is 2.14. The Morgan fingerprint density at radius 1 is 0.917 bits per heavy atom. The van der Waals surface area contributed by atoms with Gasteiger partial charge in [-0.1, -0.05) is 12.1 Å². The van der Waals surface area contributed by atoms with Crippen LogP contribution >= 0.6 is 0 Å². The number of aromatic carboxylic acids is 2. The molecule has 0 spiro atoms. The lowest BCUT2D eigenvalue weighted by atomic mass is 10.1. The molecule has 2 aromatic rings. The Hall–Kier alpha value is -3.42. The molecule has 0 unspecified atom stereocenters. The smallest absolute Gasteiger partial charge is 0.337 e. The molecule has 2 aromatic carbocycles. The molecule has 0 saturated carbocycles. The number of amides is 1. The lowest BCUT2D eigenvalue weighted by Gasteiger charge is -2.11. The van der Waals surface area contributed by atoms with Crippen LogP contribution in [0.15, 0.2) is 42.5 Å². The molecule has 2 rings (SSSR count). The van der Waals surface area contributed by atoms with Crippen LogP contribution in [0.1, 0.15) is 20.7 Å². The van der Waals surface area contributed by atoms with Gasteiger partial charge in [0.2, 0.25) is 5.91 Å². The van der Waals surface area contributed by atoms with Crippen LogP contribution in [0, 0.1) is 5.82 Å². The van der Waals surface area contributed by atoms with Crippen LogP contribution < -0.4 is 10.6 Å². The molecule has 0 atom stereocenters. The van der Waals surface area contributed by atoms with Crippen molar-refractivity contribution in [1.82, 2.24) is 0 Å². The van der Waals surface area contributed by atoms with E-state index in [2.05, 4.69) is 10.6 Å². The predicted octanol–water partition coefficient (Wildman–Crippen LogP) is 2.27. The van der Waals surface area contributed by atoms with Crippen molar-refractivity contribution in [2.75, 3.05) is 17.2 Å². The second-order valence-corrected chi connectivity index (χ2v) is 4.75. The molecular formula is C16H13FN2O5. The number of nitrogens with one attached hydrogen (secondary N) is 2. The Kier molecular flexibility index (Phi) is 5.10. The summed E-state index contributed by atoms with van der Waals surface area (Å²) in [5.74, 6) is -3.82. The van der Waals surface area contributed by atoms with Crippen molar-refractivity contribution in [3.63, 3.8) is 0 Å². The summed E-state index contributed by atoms with van der Waals surface area (Å²) in [5.41, 5.74) is -0.187. The topological polar surface area (TPSA) is 116 Å². The maximum Gasteiger partial charge on any atom is 0.337 e. The fourth-order valence-electron chi connectivity index (χ4n) is 2.00. The number of carbonyl (C=O) groups excluding carboxylic acids is 1. The number of para-hydroxylation sites is 1. The number of carbonyl (C=O) groups is 3. The number of anilines is 2. The molecule has 24 heavy (non-hydrogen) atoms. The average Bonchev–Trinajstić information content (AvgIpc) is 2.53. The largest absolute Gasteiger partial charge is 0.478 e. The van der Waals surface area contributed by atoms with Crippen LogP contribution in [0.25, 0.3) is 0 Å². The van der Waals surface area contributed by atoms with Gasteiger partial charge in [0.05, 0.1) is 23.4 Å². The molecule has 0 radical (unpaired) electrons. The maximum atomic E-state index is 13.1. The van der Waals surface area contributed by atoms with Crippen LogP contribution in [0.3, 0.4) is 0 Å². The third-order valence-electron chi connectivity index (χ3n) is 3.08. The molecule has 7 nitrogen and oxygen atoms in total. The first-order chi connectivity index (χ1) is 11.4. The zero-order chi connectivity index (χ0) is 17.7. The summed E-state index contributed by atoms with van der Waals surface area (Å²) < 4.78 is 13.1. The Labute approximate surface area is 135 Å². The number of rotatable bonds is 6. The Bertz CT molecular complexity index is 807. The van der Waals surface area contributed by atoms with E-state index in [1.54, 1.807) is 6.07 Å². The van der Waals surface area contributed by atoms with Gasteiger partial charge in [-0.3, -0.25) is 4.79 Å². The summed E-state index contributed by atoms with van der Waals surface area (Å²) in [4.78, 5) is 34.0. The van der Waals surface area contributed by atoms with Gasteiger partial charge in [0.1, 0.15) is 5.82 Å². The highest BCUT2D eigenvalue weighted by Crippen LogP contribution is 2.18. The van der Waals surface area contributed by atoms with Gasteiger partial charge in [-0.25, -0.2) is 14.0 Å². The van der Waals surface area contributed by atoms with Crippen molar-refractivity contribution in [2.45, 2.75) is 0 Å². The van der Waals surface area contributed by atoms with E-state index >= 15 is 0 Å². The van der Waals surface area contributed by atoms with E-state index < -0.39 is 23.7 Å². The molecule has 0 bridgehead atoms. The van der Waals surface area contributed by atoms with Crippen molar-refractivity contribution < 1.29 is 29.0 Å². The second kappa shape index (κ2) is 7.23. The first-order valence-electron chi connectivity index (χ1n) is 6.77. The molecule has 0 saturated heterocycles. The molecule has 0 aliphatic heterocycles. The number of hydrogen-bond acceptors (Lipinski definition) is 4. The molecular weight excluding hydrogens is 319 g/mol. The summed E-state index contributed by atoms with van der Waals surface area (Å²) in [7, 11) is 0. The van der Waals surface area contributed by atoms with Gasteiger partial charge >= 0.3 is 11.9 Å². The third-order valence-corrected chi connectivity index (χ3v) is 3.08. The quantitative estimate of drug-likeness (QED) is 0.645. The molecule has 0 aliphatic rings. The molecule has 0 fully saturated rings. The maximum absolute atomic E-state index is 13.1. The van der Waals surface area contributed by atoms with E-state index in [-0.39, 0.29) is 29.0 Å². The SMILES string of the molecule is O=C(CNc1ccc(F)cc1C(=O)O)Nc1ccccc1C(=O)O. The lowest BCUT2D eigenvalue weighted by Crippen LogP contribution is -2.23. The number of benzene rings is 2. The Morgan fingerprint density at radius 3 is 2.25 bits per heavy atom. The highest BCUT2D eigenvalue weighted by atomic mass is 19.1. The Morgan fingerprint density at radius 2 is 1.58 bits per heavy atom. The third kappa shape index (κ3) is 4.07. The average molecular weight is 332 g/mol. The van der Waals surface area contributed by atoms with Gasteiger partial charge in [-0.2, -0.15) is 0 Å². The molecule has 124 valence electrons. The van der Waals surface area contributed by atoms with Gasteiger partial charge < -0.3 is 20.8 Å². The number of carboxylic acids is 2. The van der Waals surface area contributed by atoms with E-state index in [9.17, 15) is 18.8 Å². The molecule has 0 aromatic heterocycles. The highest BCUT2D eigenvalue weighted by molar-refractivity contribution is 6.02. The molecule has 0 heterocycles. The fraction of sp³-hybridized carbons (Fsp3) is 0.0625. The van der Waals surface area contributed by atoms with Crippen LogP contribution in [-0.2, 0) is 4.79 Å². The zero-order valence-corrected chi connectivity index (χ0v) is 12.2. The summed E-state index contributed by atoms with van der Waals surface area (Å²) in [6.07, 6.45) is 0. The van der Waals surface area contributed by atoms with E-state index in [0.29, 0.717) is 0 Å². The van der Waals surface area contributed by atoms with Gasteiger partial charge in [0.15, 0.2) is 0 Å². The first-order valence-corrected chi connectivity index (χ1v) is 6.77.